The van der Waals surface area contributed by atoms with Crippen molar-refractivity contribution in [2.45, 2.75) is 47.8 Å². The highest BCUT2D eigenvalue weighted by atomic mass is 79.9. The monoisotopic (exact) mass is 447 g/mol. The SMILES string of the molecule is O=C(O)C1CCC(N2C(=O)[C@@H]3[C@H]4C[C@@H]([C@@H](Br)[C@H]4Br)[C@H]3C2=O)CC1. The Morgan fingerprint density at radius 1 is 0.957 bits per heavy atom. The minimum absolute atomic E-state index is 0.00451. The zero-order valence-electron chi connectivity index (χ0n) is 12.5. The zero-order valence-corrected chi connectivity index (χ0v) is 15.7. The van der Waals surface area contributed by atoms with Crippen molar-refractivity contribution in [2.75, 3.05) is 0 Å². The molecular formula is C16H19Br2NO4. The highest BCUT2D eigenvalue weighted by molar-refractivity contribution is 9.12. The maximum Gasteiger partial charge on any atom is 0.306 e. The van der Waals surface area contributed by atoms with Gasteiger partial charge in [0.25, 0.3) is 0 Å². The largest absolute Gasteiger partial charge is 0.481 e. The molecule has 0 aromatic heterocycles. The molecule has 5 nitrogen and oxygen atoms in total. The Kier molecular flexibility index (Phi) is 3.87. The van der Waals surface area contributed by atoms with Gasteiger partial charge < -0.3 is 5.11 Å². The van der Waals surface area contributed by atoms with E-state index < -0.39 is 5.97 Å². The fraction of sp³-hybridized carbons (Fsp3) is 0.812. The summed E-state index contributed by atoms with van der Waals surface area (Å²) >= 11 is 7.38. The predicted octanol–water partition coefficient (Wildman–Crippen LogP) is 2.41. The van der Waals surface area contributed by atoms with Gasteiger partial charge in [-0.25, -0.2) is 0 Å². The van der Waals surface area contributed by atoms with E-state index in [0.29, 0.717) is 25.7 Å². The van der Waals surface area contributed by atoms with Crippen molar-refractivity contribution in [1.29, 1.82) is 0 Å². The maximum absolute atomic E-state index is 12.9. The van der Waals surface area contributed by atoms with Gasteiger partial charge in [-0.15, -0.1) is 0 Å². The number of hydrogen-bond donors (Lipinski definition) is 1. The van der Waals surface area contributed by atoms with Crippen LogP contribution in [0.3, 0.4) is 0 Å². The summed E-state index contributed by atoms with van der Waals surface area (Å²) in [6.45, 7) is 0. The van der Waals surface area contributed by atoms with Gasteiger partial charge in [0.2, 0.25) is 11.8 Å². The molecular weight excluding hydrogens is 430 g/mol. The summed E-state index contributed by atoms with van der Waals surface area (Å²) < 4.78 is 0. The van der Waals surface area contributed by atoms with Crippen molar-refractivity contribution in [3.63, 3.8) is 0 Å². The normalized spacial score (nSPS) is 48.9. The molecule has 4 fully saturated rings. The number of hydrogen-bond acceptors (Lipinski definition) is 3. The Morgan fingerprint density at radius 2 is 1.43 bits per heavy atom. The van der Waals surface area contributed by atoms with E-state index in [9.17, 15) is 14.4 Å². The number of carbonyl (C=O) groups is 3. The summed E-state index contributed by atoms with van der Waals surface area (Å²) in [5.74, 6) is -0.941. The molecule has 3 aliphatic carbocycles. The topological polar surface area (TPSA) is 74.7 Å². The summed E-state index contributed by atoms with van der Waals surface area (Å²) in [4.78, 5) is 38.9. The molecule has 4 rings (SSSR count). The van der Waals surface area contributed by atoms with E-state index in [1.165, 1.54) is 4.90 Å². The van der Waals surface area contributed by atoms with E-state index in [-0.39, 0.29) is 57.1 Å². The third kappa shape index (κ3) is 2.18. The first-order valence-electron chi connectivity index (χ1n) is 8.29. The van der Waals surface area contributed by atoms with Gasteiger partial charge in [0.15, 0.2) is 0 Å². The second-order valence-electron chi connectivity index (χ2n) is 7.39. The molecule has 0 aromatic rings. The Hall–Kier alpha value is -0.430. The van der Waals surface area contributed by atoms with Crippen LogP contribution in [0.1, 0.15) is 32.1 Å². The Bertz CT molecular complexity index is 542. The standard InChI is InChI=1S/C16H19Br2NO4/c17-12-8-5-9(13(12)18)11-10(8)14(20)19(15(11)21)7-3-1-6(2-4-7)16(22)23/h6-13H,1-5H2,(H,22,23)/t6?,7?,8-,9-,10-,11-,12-,13+/m1/s1. The Balaban J connectivity index is 1.53. The van der Waals surface area contributed by atoms with Crippen LogP contribution < -0.4 is 0 Å². The summed E-state index contributed by atoms with van der Waals surface area (Å²) in [5.41, 5.74) is 0. The second kappa shape index (κ2) is 5.55. The minimum atomic E-state index is -0.762. The Morgan fingerprint density at radius 3 is 1.87 bits per heavy atom. The molecule has 3 saturated carbocycles. The van der Waals surface area contributed by atoms with E-state index in [1.54, 1.807) is 0 Å². The number of imide groups is 1. The smallest absolute Gasteiger partial charge is 0.306 e. The molecule has 0 spiro atoms. The number of carboxylic acid groups (broad SMARTS) is 1. The minimum Gasteiger partial charge on any atom is -0.481 e. The summed E-state index contributed by atoms with van der Waals surface area (Å²) in [6, 6.07) is -0.0989. The van der Waals surface area contributed by atoms with Crippen LogP contribution in [-0.4, -0.2) is 43.5 Å². The van der Waals surface area contributed by atoms with Crippen LogP contribution in [0, 0.1) is 29.6 Å². The van der Waals surface area contributed by atoms with Crippen molar-refractivity contribution in [1.82, 2.24) is 4.90 Å². The molecule has 0 aromatic carbocycles. The maximum atomic E-state index is 12.9. The quantitative estimate of drug-likeness (QED) is 0.520. The molecule has 1 N–H and O–H groups in total. The van der Waals surface area contributed by atoms with Crippen molar-refractivity contribution in [3.8, 4) is 0 Å². The molecule has 2 amide bonds. The number of aliphatic carboxylic acids is 1. The van der Waals surface area contributed by atoms with E-state index >= 15 is 0 Å². The van der Waals surface area contributed by atoms with E-state index in [0.717, 1.165) is 6.42 Å². The number of nitrogens with zero attached hydrogens (tertiary/aromatic N) is 1. The lowest BCUT2D eigenvalue weighted by Crippen LogP contribution is -2.44. The fourth-order valence-corrected chi connectivity index (χ4v) is 7.19. The van der Waals surface area contributed by atoms with Crippen molar-refractivity contribution in [2.24, 2.45) is 29.6 Å². The lowest BCUT2D eigenvalue weighted by molar-refractivity contribution is -0.146. The van der Waals surface area contributed by atoms with Crippen molar-refractivity contribution in [3.05, 3.63) is 0 Å². The molecule has 1 heterocycles. The molecule has 0 unspecified atom stereocenters. The van der Waals surface area contributed by atoms with Crippen molar-refractivity contribution < 1.29 is 19.5 Å². The first kappa shape index (κ1) is 16.1. The number of halogens is 2. The van der Waals surface area contributed by atoms with Gasteiger partial charge in [-0.2, -0.15) is 0 Å². The number of likely N-dealkylation sites (tertiary alicyclic amines) is 1. The lowest BCUT2D eigenvalue weighted by Gasteiger charge is -2.32. The fourth-order valence-electron chi connectivity index (χ4n) is 5.31. The van der Waals surface area contributed by atoms with Crippen LogP contribution in [0.4, 0.5) is 0 Å². The number of amides is 2. The predicted molar refractivity (Wildman–Crippen MR) is 89.2 cm³/mol. The highest BCUT2D eigenvalue weighted by Crippen LogP contribution is 2.60. The number of carboxylic acids is 1. The first-order valence-corrected chi connectivity index (χ1v) is 10.1. The third-order valence-corrected chi connectivity index (χ3v) is 9.64. The lowest BCUT2D eigenvalue weighted by atomic mass is 9.81. The number of carbonyl (C=O) groups excluding carboxylic acids is 2. The van der Waals surface area contributed by atoms with Gasteiger partial charge in [-0.1, -0.05) is 31.9 Å². The van der Waals surface area contributed by atoms with Crippen LogP contribution in [-0.2, 0) is 14.4 Å². The molecule has 0 radical (unpaired) electrons. The summed E-state index contributed by atoms with van der Waals surface area (Å²) in [5, 5.41) is 9.10. The second-order valence-corrected chi connectivity index (χ2v) is 9.51. The molecule has 4 aliphatic rings. The van der Waals surface area contributed by atoms with Crippen molar-refractivity contribution >= 4 is 49.6 Å². The number of rotatable bonds is 2. The van der Waals surface area contributed by atoms with Crippen LogP contribution in [0.25, 0.3) is 0 Å². The molecule has 2 bridgehead atoms. The molecule has 1 saturated heterocycles. The van der Waals surface area contributed by atoms with Gasteiger partial charge in [-0.3, -0.25) is 19.3 Å². The van der Waals surface area contributed by atoms with Crippen LogP contribution in [0.5, 0.6) is 0 Å². The summed E-state index contributed by atoms with van der Waals surface area (Å²) in [7, 11) is 0. The average molecular weight is 449 g/mol. The highest BCUT2D eigenvalue weighted by Gasteiger charge is 2.67. The summed E-state index contributed by atoms with van der Waals surface area (Å²) in [6.07, 6.45) is 3.30. The number of alkyl halides is 2. The van der Waals surface area contributed by atoms with Gasteiger partial charge >= 0.3 is 5.97 Å². The van der Waals surface area contributed by atoms with Crippen LogP contribution in [0.15, 0.2) is 0 Å². The van der Waals surface area contributed by atoms with Gasteiger partial charge in [0.1, 0.15) is 0 Å². The van der Waals surface area contributed by atoms with Gasteiger partial charge in [-0.05, 0) is 43.9 Å². The zero-order chi connectivity index (χ0) is 16.5. The number of fused-ring (bicyclic) bond motifs is 5. The first-order chi connectivity index (χ1) is 10.9. The van der Waals surface area contributed by atoms with E-state index in [2.05, 4.69) is 31.9 Å². The third-order valence-electron chi connectivity index (χ3n) is 6.43. The molecule has 126 valence electrons. The van der Waals surface area contributed by atoms with E-state index in [1.807, 2.05) is 0 Å². The average Bonchev–Trinajstić information content (AvgIpc) is 3.12. The van der Waals surface area contributed by atoms with E-state index in [4.69, 9.17) is 5.11 Å². The molecule has 6 atom stereocenters. The molecule has 1 aliphatic heterocycles. The molecule has 23 heavy (non-hydrogen) atoms. The molecule has 7 heteroatoms. The van der Waals surface area contributed by atoms with Gasteiger partial charge in [0, 0.05) is 15.7 Å². The van der Waals surface area contributed by atoms with Crippen LogP contribution in [0.2, 0.25) is 0 Å². The van der Waals surface area contributed by atoms with Crippen LogP contribution >= 0.6 is 31.9 Å². The Labute approximate surface area is 151 Å². The van der Waals surface area contributed by atoms with Gasteiger partial charge in [0.05, 0.1) is 17.8 Å².